The molecule has 2 bridgehead atoms. The van der Waals surface area contributed by atoms with Crippen LogP contribution in [0.2, 0.25) is 0 Å². The lowest BCUT2D eigenvalue weighted by atomic mass is 10.1. The van der Waals surface area contributed by atoms with Gasteiger partial charge in [0.2, 0.25) is 5.82 Å². The highest BCUT2D eigenvalue weighted by Crippen LogP contribution is 2.31. The maximum absolute atomic E-state index is 13.1. The zero-order valence-corrected chi connectivity index (χ0v) is 10.7. The van der Waals surface area contributed by atoms with E-state index in [2.05, 4.69) is 20.6 Å². The first kappa shape index (κ1) is 14.2. The predicted octanol–water partition coefficient (Wildman–Crippen LogP) is 1.11. The molecule has 3 atom stereocenters. The van der Waals surface area contributed by atoms with Crippen LogP contribution < -0.4 is 10.6 Å². The monoisotopic (exact) mass is 304 g/mol. The number of nitrogens with one attached hydrogen (secondary N) is 2. The lowest BCUT2D eigenvalue weighted by Crippen LogP contribution is -2.48. The molecule has 1 aromatic heterocycles. The van der Waals surface area contributed by atoms with Gasteiger partial charge in [-0.2, -0.15) is 13.2 Å². The van der Waals surface area contributed by atoms with Gasteiger partial charge in [-0.15, -0.1) is 0 Å². The molecule has 1 saturated heterocycles. The Morgan fingerprint density at radius 2 is 2.14 bits per heavy atom. The zero-order valence-electron chi connectivity index (χ0n) is 10.7. The Balaban J connectivity index is 1.76. The standard InChI is InChI=1S/C12H12F4N4O/c13-6-4-18-10(20-9(6)12(14,15)16)11(21)19-8-2-5-1-7(8)17-3-5/h4-5,7-8,17H,1-3H2,(H,19,21). The minimum atomic E-state index is -4.96. The summed E-state index contributed by atoms with van der Waals surface area (Å²) in [5.74, 6) is -2.62. The number of amides is 1. The number of alkyl halides is 3. The average Bonchev–Trinajstić information content (AvgIpc) is 3.00. The third-order valence-corrected chi connectivity index (χ3v) is 3.86. The van der Waals surface area contributed by atoms with Crippen molar-refractivity contribution in [2.24, 2.45) is 5.92 Å². The van der Waals surface area contributed by atoms with Gasteiger partial charge in [0.1, 0.15) is 0 Å². The SMILES string of the molecule is O=C(NC1CC2CNC1C2)c1ncc(F)c(C(F)(F)F)n1. The normalized spacial score (nSPS) is 27.9. The van der Waals surface area contributed by atoms with Crippen molar-refractivity contribution < 1.29 is 22.4 Å². The predicted molar refractivity (Wildman–Crippen MR) is 62.8 cm³/mol. The first-order valence-corrected chi connectivity index (χ1v) is 6.48. The van der Waals surface area contributed by atoms with Crippen molar-refractivity contribution in [1.82, 2.24) is 20.6 Å². The Hall–Kier alpha value is -1.77. The second kappa shape index (κ2) is 4.90. The maximum atomic E-state index is 13.1. The Labute approximate surface area is 117 Å². The van der Waals surface area contributed by atoms with E-state index in [1.165, 1.54) is 0 Å². The highest BCUT2D eigenvalue weighted by molar-refractivity contribution is 5.90. The maximum Gasteiger partial charge on any atom is 0.436 e. The number of hydrogen-bond donors (Lipinski definition) is 2. The van der Waals surface area contributed by atoms with Crippen LogP contribution in [0.25, 0.3) is 0 Å². The van der Waals surface area contributed by atoms with E-state index in [-0.39, 0.29) is 12.1 Å². The topological polar surface area (TPSA) is 66.9 Å². The molecule has 2 heterocycles. The number of carbonyl (C=O) groups excluding carboxylic acids is 1. The first-order valence-electron chi connectivity index (χ1n) is 6.48. The highest BCUT2D eigenvalue weighted by atomic mass is 19.4. The number of carbonyl (C=O) groups is 1. The Bertz CT molecular complexity index is 577. The number of nitrogens with zero attached hydrogens (tertiary/aromatic N) is 2. The first-order chi connectivity index (χ1) is 9.84. The number of hydrogen-bond acceptors (Lipinski definition) is 4. The van der Waals surface area contributed by atoms with E-state index in [0.717, 1.165) is 19.4 Å². The Kier molecular flexibility index (Phi) is 3.31. The number of aromatic nitrogens is 2. The van der Waals surface area contributed by atoms with Crippen LogP contribution in [0.15, 0.2) is 6.20 Å². The second-order valence-electron chi connectivity index (χ2n) is 5.32. The molecular formula is C12H12F4N4O. The summed E-state index contributed by atoms with van der Waals surface area (Å²) >= 11 is 0. The molecule has 21 heavy (non-hydrogen) atoms. The minimum absolute atomic E-state index is 0.126. The van der Waals surface area contributed by atoms with Crippen LogP contribution in [-0.4, -0.2) is 34.5 Å². The van der Waals surface area contributed by atoms with Crippen LogP contribution in [-0.2, 0) is 6.18 Å². The van der Waals surface area contributed by atoms with Gasteiger partial charge in [0.25, 0.3) is 5.91 Å². The van der Waals surface area contributed by atoms with Crippen molar-refractivity contribution in [3.63, 3.8) is 0 Å². The molecule has 0 spiro atoms. The lowest BCUT2D eigenvalue weighted by Gasteiger charge is -2.23. The largest absolute Gasteiger partial charge is 0.436 e. The Morgan fingerprint density at radius 1 is 1.38 bits per heavy atom. The molecule has 2 N–H and O–H groups in total. The fourth-order valence-corrected chi connectivity index (χ4v) is 2.92. The summed E-state index contributed by atoms with van der Waals surface area (Å²) in [4.78, 5) is 18.3. The zero-order chi connectivity index (χ0) is 15.2. The van der Waals surface area contributed by atoms with Crippen molar-refractivity contribution in [3.8, 4) is 0 Å². The molecule has 1 saturated carbocycles. The molecule has 1 aromatic rings. The summed E-state index contributed by atoms with van der Waals surface area (Å²) < 4.78 is 50.7. The fourth-order valence-electron chi connectivity index (χ4n) is 2.92. The molecule has 1 aliphatic heterocycles. The van der Waals surface area contributed by atoms with Gasteiger partial charge in [-0.25, -0.2) is 14.4 Å². The van der Waals surface area contributed by atoms with Gasteiger partial charge < -0.3 is 10.6 Å². The fraction of sp³-hybridized carbons (Fsp3) is 0.583. The van der Waals surface area contributed by atoms with Gasteiger partial charge in [0, 0.05) is 12.1 Å². The quantitative estimate of drug-likeness (QED) is 0.804. The van der Waals surface area contributed by atoms with Gasteiger partial charge in [-0.05, 0) is 25.3 Å². The molecule has 0 radical (unpaired) electrons. The van der Waals surface area contributed by atoms with Crippen molar-refractivity contribution in [1.29, 1.82) is 0 Å². The van der Waals surface area contributed by atoms with Crippen LogP contribution in [0.1, 0.15) is 29.2 Å². The van der Waals surface area contributed by atoms with Gasteiger partial charge in [-0.1, -0.05) is 0 Å². The van der Waals surface area contributed by atoms with Crippen LogP contribution in [0.5, 0.6) is 0 Å². The van der Waals surface area contributed by atoms with Crippen molar-refractivity contribution in [2.45, 2.75) is 31.1 Å². The summed E-state index contributed by atoms with van der Waals surface area (Å²) in [7, 11) is 0. The van der Waals surface area contributed by atoms with Crippen molar-refractivity contribution >= 4 is 5.91 Å². The van der Waals surface area contributed by atoms with Gasteiger partial charge in [0.15, 0.2) is 11.5 Å². The van der Waals surface area contributed by atoms with E-state index in [1.54, 1.807) is 0 Å². The molecule has 3 rings (SSSR count). The molecule has 2 fully saturated rings. The van der Waals surface area contributed by atoms with Crippen molar-refractivity contribution in [2.75, 3.05) is 6.54 Å². The van der Waals surface area contributed by atoms with E-state index in [1.807, 2.05) is 0 Å². The van der Waals surface area contributed by atoms with Gasteiger partial charge >= 0.3 is 6.18 Å². The molecule has 5 nitrogen and oxygen atoms in total. The molecule has 1 aliphatic carbocycles. The minimum Gasteiger partial charge on any atom is -0.345 e. The van der Waals surface area contributed by atoms with Crippen LogP contribution in [0.4, 0.5) is 17.6 Å². The van der Waals surface area contributed by atoms with Crippen LogP contribution in [0, 0.1) is 11.7 Å². The summed E-state index contributed by atoms with van der Waals surface area (Å²) in [6, 6.07) is -0.0271. The molecule has 1 amide bonds. The van der Waals surface area contributed by atoms with Gasteiger partial charge in [-0.3, -0.25) is 4.79 Å². The number of fused-ring (bicyclic) bond motifs is 2. The van der Waals surface area contributed by atoms with Crippen molar-refractivity contribution in [3.05, 3.63) is 23.5 Å². The van der Waals surface area contributed by atoms with E-state index in [9.17, 15) is 22.4 Å². The Morgan fingerprint density at radius 3 is 2.71 bits per heavy atom. The smallest absolute Gasteiger partial charge is 0.345 e. The average molecular weight is 304 g/mol. The molecule has 3 unspecified atom stereocenters. The van der Waals surface area contributed by atoms with E-state index in [0.29, 0.717) is 12.1 Å². The summed E-state index contributed by atoms with van der Waals surface area (Å²) in [6.45, 7) is 0.891. The number of halogens is 4. The molecular weight excluding hydrogens is 292 g/mol. The van der Waals surface area contributed by atoms with E-state index in [4.69, 9.17) is 0 Å². The highest BCUT2D eigenvalue weighted by Gasteiger charge is 2.41. The number of piperidine rings is 1. The van der Waals surface area contributed by atoms with E-state index < -0.39 is 29.4 Å². The summed E-state index contributed by atoms with van der Waals surface area (Å²) in [5.41, 5.74) is -1.73. The summed E-state index contributed by atoms with van der Waals surface area (Å²) in [5, 5.41) is 5.82. The van der Waals surface area contributed by atoms with Crippen LogP contribution >= 0.6 is 0 Å². The lowest BCUT2D eigenvalue weighted by molar-refractivity contribution is -0.143. The molecule has 9 heteroatoms. The summed E-state index contributed by atoms with van der Waals surface area (Å²) in [6.07, 6.45) is -2.89. The van der Waals surface area contributed by atoms with E-state index >= 15 is 0 Å². The number of rotatable bonds is 2. The molecule has 2 aliphatic rings. The van der Waals surface area contributed by atoms with Crippen LogP contribution in [0.3, 0.4) is 0 Å². The molecule has 114 valence electrons. The third kappa shape index (κ3) is 2.69. The second-order valence-corrected chi connectivity index (χ2v) is 5.32. The third-order valence-electron chi connectivity index (χ3n) is 3.86. The molecule has 0 aromatic carbocycles. The van der Waals surface area contributed by atoms with Gasteiger partial charge in [0.05, 0.1) is 6.20 Å².